The van der Waals surface area contributed by atoms with Crippen LogP contribution in [0.25, 0.3) is 10.2 Å². The molecular weight excluding hydrogens is 454 g/mol. The number of thioether (sulfide) groups is 1. The van der Waals surface area contributed by atoms with E-state index in [2.05, 4.69) is 23.3 Å². The van der Waals surface area contributed by atoms with Gasteiger partial charge in [0, 0.05) is 18.0 Å². The molecule has 0 bridgehead atoms. The fourth-order valence-corrected chi connectivity index (χ4v) is 4.83. The second-order valence-electron chi connectivity index (χ2n) is 7.43. The first kappa shape index (κ1) is 23.7. The molecule has 2 atom stereocenters. The lowest BCUT2D eigenvalue weighted by Gasteiger charge is -2.34. The van der Waals surface area contributed by atoms with Gasteiger partial charge < -0.3 is 14.4 Å². The van der Waals surface area contributed by atoms with Gasteiger partial charge in [0.05, 0.1) is 10.2 Å². The summed E-state index contributed by atoms with van der Waals surface area (Å²) in [5.74, 6) is 1.12. The highest BCUT2D eigenvalue weighted by atomic mass is 35.5. The van der Waals surface area contributed by atoms with Crippen LogP contribution in [0.2, 0.25) is 0 Å². The number of thiazole rings is 1. The third-order valence-electron chi connectivity index (χ3n) is 4.94. The van der Waals surface area contributed by atoms with Crippen molar-refractivity contribution >= 4 is 56.8 Å². The predicted octanol–water partition coefficient (Wildman–Crippen LogP) is 4.56. The number of anilines is 1. The number of ether oxygens (including phenoxy) is 2. The van der Waals surface area contributed by atoms with Crippen LogP contribution >= 0.6 is 35.5 Å². The summed E-state index contributed by atoms with van der Waals surface area (Å²) in [5.41, 5.74) is 0.898. The summed E-state index contributed by atoms with van der Waals surface area (Å²) in [7, 11) is 3.98. The Hall–Kier alpha value is -2.00. The van der Waals surface area contributed by atoms with E-state index in [-0.39, 0.29) is 18.3 Å². The maximum absolute atomic E-state index is 13.6. The summed E-state index contributed by atoms with van der Waals surface area (Å²) >= 11 is 3.22. The molecule has 4 rings (SSSR count). The normalized spacial score (nSPS) is 17.5. The Bertz CT molecular complexity index is 1060. The van der Waals surface area contributed by atoms with Crippen molar-refractivity contribution in [3.63, 3.8) is 0 Å². The second kappa shape index (κ2) is 10.1. The number of rotatable bonds is 6. The highest BCUT2D eigenvalue weighted by molar-refractivity contribution is 7.98. The molecule has 2 aromatic carbocycles. The van der Waals surface area contributed by atoms with Crippen LogP contribution in [-0.2, 0) is 4.79 Å². The van der Waals surface area contributed by atoms with Crippen LogP contribution in [0.15, 0.2) is 47.4 Å². The van der Waals surface area contributed by atoms with Gasteiger partial charge in [0.15, 0.2) is 16.6 Å². The Kier molecular flexibility index (Phi) is 7.69. The fourth-order valence-electron chi connectivity index (χ4n) is 3.28. The number of fused-ring (bicyclic) bond motifs is 2. The fraction of sp³-hybridized carbons (Fsp3) is 0.364. The number of aromatic nitrogens is 1. The molecule has 166 valence electrons. The smallest absolute Gasteiger partial charge is 0.273 e. The van der Waals surface area contributed by atoms with Crippen LogP contribution in [0.1, 0.15) is 6.92 Å². The van der Waals surface area contributed by atoms with E-state index >= 15 is 0 Å². The molecule has 0 aliphatic carbocycles. The average Bonchev–Trinajstić information content (AvgIpc) is 3.15. The summed E-state index contributed by atoms with van der Waals surface area (Å²) < 4.78 is 13.1. The van der Waals surface area contributed by atoms with Gasteiger partial charge in [-0.3, -0.25) is 9.69 Å². The van der Waals surface area contributed by atoms with Gasteiger partial charge in [-0.1, -0.05) is 23.5 Å². The van der Waals surface area contributed by atoms with Gasteiger partial charge in [-0.25, -0.2) is 4.98 Å². The van der Waals surface area contributed by atoms with Crippen molar-refractivity contribution in [1.82, 2.24) is 9.88 Å². The summed E-state index contributed by atoms with van der Waals surface area (Å²) in [6, 6.07) is 13.6. The van der Waals surface area contributed by atoms with Crippen molar-refractivity contribution < 1.29 is 14.3 Å². The highest BCUT2D eigenvalue weighted by Crippen LogP contribution is 2.36. The molecule has 0 saturated heterocycles. The molecule has 9 heteroatoms. The van der Waals surface area contributed by atoms with Crippen molar-refractivity contribution in [2.45, 2.75) is 24.0 Å². The van der Waals surface area contributed by atoms with E-state index in [9.17, 15) is 4.79 Å². The van der Waals surface area contributed by atoms with Crippen molar-refractivity contribution in [2.75, 3.05) is 38.3 Å². The number of carbonyl (C=O) groups is 1. The lowest BCUT2D eigenvalue weighted by Crippen LogP contribution is -2.52. The zero-order valence-corrected chi connectivity index (χ0v) is 20.4. The molecule has 31 heavy (non-hydrogen) atoms. The number of para-hydroxylation sites is 2. The number of halogens is 1. The van der Waals surface area contributed by atoms with Crippen LogP contribution in [0.4, 0.5) is 5.13 Å². The maximum atomic E-state index is 13.6. The predicted molar refractivity (Wildman–Crippen MR) is 131 cm³/mol. The molecule has 6 nitrogen and oxygen atoms in total. The number of hydrogen-bond donors (Lipinski definition) is 0. The van der Waals surface area contributed by atoms with Crippen molar-refractivity contribution in [3.8, 4) is 11.5 Å². The van der Waals surface area contributed by atoms with Crippen molar-refractivity contribution in [1.29, 1.82) is 0 Å². The first-order valence-electron chi connectivity index (χ1n) is 9.79. The number of likely N-dealkylation sites (N-methyl/N-ethyl adjacent to an activating group) is 1. The van der Waals surface area contributed by atoms with Crippen LogP contribution in [0.3, 0.4) is 0 Å². The Morgan fingerprint density at radius 3 is 2.52 bits per heavy atom. The van der Waals surface area contributed by atoms with Crippen LogP contribution in [0, 0.1) is 0 Å². The van der Waals surface area contributed by atoms with Gasteiger partial charge >= 0.3 is 0 Å². The van der Waals surface area contributed by atoms with Gasteiger partial charge in [-0.05, 0) is 57.6 Å². The van der Waals surface area contributed by atoms with Crippen molar-refractivity contribution in [2.24, 2.45) is 0 Å². The molecule has 3 aromatic rings. The summed E-state index contributed by atoms with van der Waals surface area (Å²) in [6.45, 7) is 3.11. The van der Waals surface area contributed by atoms with Gasteiger partial charge in [0.2, 0.25) is 6.10 Å². The van der Waals surface area contributed by atoms with E-state index in [1.165, 1.54) is 16.2 Å². The minimum Gasteiger partial charge on any atom is -0.482 e. The molecule has 0 spiro atoms. The molecule has 1 aliphatic rings. The molecule has 1 aromatic heterocycles. The third kappa shape index (κ3) is 5.09. The van der Waals surface area contributed by atoms with E-state index in [1.807, 2.05) is 51.4 Å². The minimum atomic E-state index is -0.726. The number of hydrogen-bond acceptors (Lipinski definition) is 7. The Balaban J connectivity index is 0.00000272. The largest absolute Gasteiger partial charge is 0.482 e. The van der Waals surface area contributed by atoms with E-state index < -0.39 is 12.2 Å². The first-order chi connectivity index (χ1) is 14.5. The zero-order valence-electron chi connectivity index (χ0n) is 17.9. The first-order valence-corrected chi connectivity index (χ1v) is 11.8. The Labute approximate surface area is 196 Å². The van der Waals surface area contributed by atoms with Gasteiger partial charge in [-0.15, -0.1) is 24.2 Å². The van der Waals surface area contributed by atoms with Crippen molar-refractivity contribution in [3.05, 3.63) is 42.5 Å². The summed E-state index contributed by atoms with van der Waals surface area (Å²) in [4.78, 5) is 23.3. The average molecular weight is 480 g/mol. The number of carbonyl (C=O) groups excluding carboxylic acids is 1. The van der Waals surface area contributed by atoms with E-state index in [4.69, 9.17) is 14.5 Å². The lowest BCUT2D eigenvalue weighted by molar-refractivity contribution is -0.130. The summed E-state index contributed by atoms with van der Waals surface area (Å²) in [6.07, 6.45) is 0.929. The molecular formula is C22H26ClN3O3S2. The van der Waals surface area contributed by atoms with Gasteiger partial charge in [-0.2, -0.15) is 0 Å². The molecule has 2 unspecified atom stereocenters. The topological polar surface area (TPSA) is 54.9 Å². The van der Waals surface area contributed by atoms with Crippen LogP contribution < -0.4 is 14.4 Å². The van der Waals surface area contributed by atoms with Gasteiger partial charge in [0.1, 0.15) is 6.10 Å². The monoisotopic (exact) mass is 479 g/mol. The second-order valence-corrected chi connectivity index (χ2v) is 9.32. The van der Waals surface area contributed by atoms with E-state index in [0.29, 0.717) is 23.2 Å². The maximum Gasteiger partial charge on any atom is 0.273 e. The van der Waals surface area contributed by atoms with Crippen LogP contribution in [-0.4, -0.2) is 61.4 Å². The molecule has 1 amide bonds. The number of benzene rings is 2. The SMILES string of the molecule is CSc1ccc2nc(N(CCN(C)C)C(=O)C3Oc4ccccc4OC3C)sc2c1.Cl. The number of amides is 1. The highest BCUT2D eigenvalue weighted by Gasteiger charge is 2.38. The Morgan fingerprint density at radius 2 is 1.84 bits per heavy atom. The lowest BCUT2D eigenvalue weighted by atomic mass is 10.1. The Morgan fingerprint density at radius 1 is 1.13 bits per heavy atom. The quantitative estimate of drug-likeness (QED) is 0.483. The zero-order chi connectivity index (χ0) is 21.3. The molecule has 2 heterocycles. The molecule has 0 saturated carbocycles. The third-order valence-corrected chi connectivity index (χ3v) is 6.70. The number of nitrogens with zero attached hydrogens (tertiary/aromatic N) is 3. The van der Waals surface area contributed by atoms with E-state index in [0.717, 1.165) is 16.8 Å². The van der Waals surface area contributed by atoms with Gasteiger partial charge in [0.25, 0.3) is 5.91 Å². The van der Waals surface area contributed by atoms with Crippen LogP contribution in [0.5, 0.6) is 11.5 Å². The molecule has 1 aliphatic heterocycles. The molecule has 0 N–H and O–H groups in total. The standard InChI is InChI=1S/C22H25N3O3S2.ClH/c1-14-20(28-18-8-6-5-7-17(18)27-14)21(26)25(12-11-24(2)3)22-23-16-10-9-15(29-4)13-19(16)30-22;/h5-10,13-14,20H,11-12H2,1-4H3;1H. The molecule has 0 fully saturated rings. The summed E-state index contributed by atoms with van der Waals surface area (Å²) in [5, 5.41) is 0.685. The molecule has 0 radical (unpaired) electrons. The minimum absolute atomic E-state index is 0. The van der Waals surface area contributed by atoms with E-state index in [1.54, 1.807) is 16.7 Å².